The number of phenols is 1. The van der Waals surface area contributed by atoms with Gasteiger partial charge in [0.2, 0.25) is 5.91 Å². The maximum atomic E-state index is 13.1. The molecule has 2 aliphatic rings. The number of carboxylic acid groups (broad SMARTS) is 1. The van der Waals surface area contributed by atoms with Gasteiger partial charge in [0.05, 0.1) is 0 Å². The maximum Gasteiger partial charge on any atom is 0.407 e. The minimum absolute atomic E-state index is 0.0226. The van der Waals surface area contributed by atoms with E-state index in [0.29, 0.717) is 5.56 Å². The van der Waals surface area contributed by atoms with Crippen LogP contribution < -0.4 is 5.32 Å². The molecule has 0 spiro atoms. The van der Waals surface area contributed by atoms with Crippen LogP contribution in [0.1, 0.15) is 28.2 Å². The van der Waals surface area contributed by atoms with Crippen molar-refractivity contribution in [1.29, 1.82) is 0 Å². The molecular formula is C27H24N2O6. The number of rotatable bonds is 5. The lowest BCUT2D eigenvalue weighted by Crippen LogP contribution is -2.49. The normalized spacial score (nSPS) is 16.6. The van der Waals surface area contributed by atoms with Gasteiger partial charge in [0.15, 0.2) is 0 Å². The lowest BCUT2D eigenvalue weighted by molar-refractivity contribution is -0.145. The molecule has 0 saturated carbocycles. The third kappa shape index (κ3) is 4.42. The van der Waals surface area contributed by atoms with Crippen molar-refractivity contribution in [3.63, 3.8) is 0 Å². The van der Waals surface area contributed by atoms with Gasteiger partial charge in [-0.1, -0.05) is 54.6 Å². The van der Waals surface area contributed by atoms with Gasteiger partial charge in [-0.15, -0.1) is 0 Å². The minimum Gasteiger partial charge on any atom is -0.508 e. The first kappa shape index (κ1) is 22.5. The summed E-state index contributed by atoms with van der Waals surface area (Å²) < 4.78 is 5.58. The molecule has 0 radical (unpaired) electrons. The SMILES string of the molecule is O=C(O)CN1Cc2cc(O)ccc2CC(NC(=O)OCC2c3ccccc3-c3ccccc32)C1=O. The van der Waals surface area contributed by atoms with Gasteiger partial charge in [-0.05, 0) is 45.5 Å². The number of nitrogens with one attached hydrogen (secondary N) is 1. The maximum absolute atomic E-state index is 13.1. The topological polar surface area (TPSA) is 116 Å². The Hall–Kier alpha value is -4.33. The van der Waals surface area contributed by atoms with E-state index in [-0.39, 0.29) is 31.2 Å². The number of phenolic OH excluding ortho intramolecular Hbond substituents is 1. The number of nitrogens with zero attached hydrogens (tertiary/aromatic N) is 1. The zero-order valence-corrected chi connectivity index (χ0v) is 18.8. The Morgan fingerprint density at radius 2 is 1.63 bits per heavy atom. The summed E-state index contributed by atoms with van der Waals surface area (Å²) in [7, 11) is 0. The fraction of sp³-hybridized carbons (Fsp3) is 0.222. The van der Waals surface area contributed by atoms with Gasteiger partial charge in [0.25, 0.3) is 0 Å². The van der Waals surface area contributed by atoms with E-state index in [1.807, 2.05) is 48.5 Å². The van der Waals surface area contributed by atoms with Crippen LogP contribution in [0.25, 0.3) is 11.1 Å². The summed E-state index contributed by atoms with van der Waals surface area (Å²) in [5.74, 6) is -1.78. The molecule has 1 unspecified atom stereocenters. The Balaban J connectivity index is 1.32. The molecule has 0 fully saturated rings. The summed E-state index contributed by atoms with van der Waals surface area (Å²) in [5.41, 5.74) is 5.76. The van der Waals surface area contributed by atoms with E-state index in [2.05, 4.69) is 5.32 Å². The average Bonchev–Trinajstić information content (AvgIpc) is 3.10. The number of carbonyl (C=O) groups excluding carboxylic acids is 2. The van der Waals surface area contributed by atoms with Crippen LogP contribution in [-0.4, -0.2) is 52.3 Å². The quantitative estimate of drug-likeness (QED) is 0.525. The Bertz CT molecular complexity index is 1280. The fourth-order valence-corrected chi connectivity index (χ4v) is 4.96. The largest absolute Gasteiger partial charge is 0.508 e. The highest BCUT2D eigenvalue weighted by Gasteiger charge is 2.33. The molecule has 35 heavy (non-hydrogen) atoms. The lowest BCUT2D eigenvalue weighted by Gasteiger charge is -2.23. The van der Waals surface area contributed by atoms with E-state index in [1.54, 1.807) is 6.07 Å². The number of hydrogen-bond acceptors (Lipinski definition) is 5. The van der Waals surface area contributed by atoms with Gasteiger partial charge in [-0.25, -0.2) is 4.79 Å². The predicted molar refractivity (Wildman–Crippen MR) is 127 cm³/mol. The molecule has 1 aliphatic carbocycles. The van der Waals surface area contributed by atoms with E-state index < -0.39 is 30.6 Å². The molecule has 1 aliphatic heterocycles. The molecule has 0 aromatic heterocycles. The standard InChI is InChI=1S/C27H24N2O6/c30-18-10-9-16-12-24(26(33)29(14-25(31)32)13-17(16)11-18)28-27(34)35-15-23-21-7-3-1-5-19(21)20-6-2-4-8-22(20)23/h1-11,23-24,30H,12-15H2,(H,28,34)(H,31,32). The van der Waals surface area contributed by atoms with Crippen molar-refractivity contribution in [3.8, 4) is 16.9 Å². The van der Waals surface area contributed by atoms with Crippen molar-refractivity contribution >= 4 is 18.0 Å². The van der Waals surface area contributed by atoms with Gasteiger partial charge >= 0.3 is 12.1 Å². The molecule has 2 amide bonds. The number of carboxylic acids is 1. The number of aromatic hydroxyl groups is 1. The Morgan fingerprint density at radius 1 is 0.971 bits per heavy atom. The van der Waals surface area contributed by atoms with Crippen molar-refractivity contribution in [3.05, 3.63) is 89.0 Å². The van der Waals surface area contributed by atoms with Gasteiger partial charge < -0.3 is 25.2 Å². The summed E-state index contributed by atoms with van der Waals surface area (Å²) in [6, 6.07) is 19.7. The minimum atomic E-state index is -1.16. The van der Waals surface area contributed by atoms with Crippen LogP contribution in [0.15, 0.2) is 66.7 Å². The number of fused-ring (bicyclic) bond motifs is 4. The van der Waals surface area contributed by atoms with E-state index >= 15 is 0 Å². The number of benzene rings is 3. The number of aliphatic carboxylic acids is 1. The van der Waals surface area contributed by atoms with Crippen molar-refractivity contribution < 1.29 is 29.3 Å². The molecule has 1 heterocycles. The third-order valence-corrected chi connectivity index (χ3v) is 6.55. The molecule has 178 valence electrons. The highest BCUT2D eigenvalue weighted by molar-refractivity contribution is 5.89. The highest BCUT2D eigenvalue weighted by Crippen LogP contribution is 2.44. The monoisotopic (exact) mass is 472 g/mol. The molecule has 3 aromatic carbocycles. The number of carbonyl (C=O) groups is 3. The molecule has 3 aromatic rings. The van der Waals surface area contributed by atoms with E-state index in [0.717, 1.165) is 32.7 Å². The van der Waals surface area contributed by atoms with Crippen molar-refractivity contribution in [1.82, 2.24) is 10.2 Å². The summed E-state index contributed by atoms with van der Waals surface area (Å²) in [4.78, 5) is 38.4. The second-order valence-electron chi connectivity index (χ2n) is 8.77. The van der Waals surface area contributed by atoms with Gasteiger partial charge in [0.1, 0.15) is 24.9 Å². The van der Waals surface area contributed by atoms with Crippen molar-refractivity contribution in [2.75, 3.05) is 13.2 Å². The van der Waals surface area contributed by atoms with E-state index in [1.165, 1.54) is 12.1 Å². The molecule has 5 rings (SSSR count). The summed E-state index contributed by atoms with van der Waals surface area (Å²) in [6.45, 7) is -0.390. The zero-order chi connectivity index (χ0) is 24.5. The smallest absolute Gasteiger partial charge is 0.407 e. The lowest BCUT2D eigenvalue weighted by atomic mass is 9.98. The van der Waals surface area contributed by atoms with Crippen LogP contribution in [0.2, 0.25) is 0 Å². The van der Waals surface area contributed by atoms with E-state index in [4.69, 9.17) is 4.74 Å². The molecule has 0 saturated heterocycles. The Morgan fingerprint density at radius 3 is 2.29 bits per heavy atom. The molecule has 8 nitrogen and oxygen atoms in total. The van der Waals surface area contributed by atoms with Crippen molar-refractivity contribution in [2.24, 2.45) is 0 Å². The Kier molecular flexibility index (Phi) is 5.86. The fourth-order valence-electron chi connectivity index (χ4n) is 4.96. The number of ether oxygens (including phenoxy) is 1. The van der Waals surface area contributed by atoms with Gasteiger partial charge in [0, 0.05) is 18.9 Å². The van der Waals surface area contributed by atoms with Crippen LogP contribution >= 0.6 is 0 Å². The second-order valence-corrected chi connectivity index (χ2v) is 8.77. The van der Waals surface area contributed by atoms with Gasteiger partial charge in [-0.2, -0.15) is 0 Å². The van der Waals surface area contributed by atoms with Crippen LogP contribution in [-0.2, 0) is 27.3 Å². The van der Waals surface area contributed by atoms with Crippen LogP contribution in [0.3, 0.4) is 0 Å². The van der Waals surface area contributed by atoms with E-state index in [9.17, 15) is 24.6 Å². The predicted octanol–water partition coefficient (Wildman–Crippen LogP) is 3.27. The summed E-state index contributed by atoms with van der Waals surface area (Å²) in [5, 5.41) is 21.7. The summed E-state index contributed by atoms with van der Waals surface area (Å²) in [6.07, 6.45) is -0.586. The third-order valence-electron chi connectivity index (χ3n) is 6.55. The first-order valence-electron chi connectivity index (χ1n) is 11.3. The Labute approximate surface area is 201 Å². The van der Waals surface area contributed by atoms with Crippen LogP contribution in [0, 0.1) is 0 Å². The first-order chi connectivity index (χ1) is 16.9. The average molecular weight is 472 g/mol. The number of amides is 2. The number of alkyl carbamates (subject to hydrolysis) is 1. The molecule has 3 N–H and O–H groups in total. The van der Waals surface area contributed by atoms with Crippen LogP contribution in [0.4, 0.5) is 4.79 Å². The first-order valence-corrected chi connectivity index (χ1v) is 11.3. The summed E-state index contributed by atoms with van der Waals surface area (Å²) >= 11 is 0. The second kappa shape index (κ2) is 9.13. The molecular weight excluding hydrogens is 448 g/mol. The highest BCUT2D eigenvalue weighted by atomic mass is 16.5. The molecule has 0 bridgehead atoms. The number of hydrogen-bond donors (Lipinski definition) is 3. The van der Waals surface area contributed by atoms with Crippen LogP contribution in [0.5, 0.6) is 5.75 Å². The molecule has 8 heteroatoms. The molecule has 1 atom stereocenters. The van der Waals surface area contributed by atoms with Crippen molar-refractivity contribution in [2.45, 2.75) is 24.9 Å². The zero-order valence-electron chi connectivity index (χ0n) is 18.8. The van der Waals surface area contributed by atoms with Gasteiger partial charge in [-0.3, -0.25) is 9.59 Å².